The summed E-state index contributed by atoms with van der Waals surface area (Å²) in [6.07, 6.45) is 4.89. The van der Waals surface area contributed by atoms with Crippen LogP contribution in [0, 0.1) is 6.92 Å². The van der Waals surface area contributed by atoms with E-state index in [2.05, 4.69) is 15.6 Å². The molecule has 0 spiro atoms. The third kappa shape index (κ3) is 2.73. The molecule has 0 unspecified atom stereocenters. The number of hydrogen-bond acceptors (Lipinski definition) is 2. The van der Waals surface area contributed by atoms with Crippen molar-refractivity contribution < 1.29 is 4.79 Å². The highest BCUT2D eigenvalue weighted by atomic mass is 16.1. The van der Waals surface area contributed by atoms with Crippen molar-refractivity contribution in [3.63, 3.8) is 0 Å². The van der Waals surface area contributed by atoms with Gasteiger partial charge in [-0.1, -0.05) is 18.6 Å². The van der Waals surface area contributed by atoms with Crippen molar-refractivity contribution in [3.05, 3.63) is 30.1 Å². The molecule has 0 aliphatic rings. The van der Waals surface area contributed by atoms with E-state index in [0.717, 1.165) is 43.4 Å². The van der Waals surface area contributed by atoms with Crippen molar-refractivity contribution in [3.8, 4) is 0 Å². The third-order valence-electron chi connectivity index (χ3n) is 3.05. The van der Waals surface area contributed by atoms with Gasteiger partial charge in [0.2, 0.25) is 0 Å². The Balaban J connectivity index is 2.02. The molecule has 2 rings (SSSR count). The van der Waals surface area contributed by atoms with Gasteiger partial charge < -0.3 is 9.36 Å². The van der Waals surface area contributed by atoms with E-state index in [-0.39, 0.29) is 0 Å². The van der Waals surface area contributed by atoms with Crippen LogP contribution in [0.15, 0.2) is 24.3 Å². The van der Waals surface area contributed by atoms with Gasteiger partial charge in [-0.3, -0.25) is 0 Å². The van der Waals surface area contributed by atoms with Crippen LogP contribution >= 0.6 is 0 Å². The standard InChI is InChI=1S/C14H18N2O/c1-12-15-13-8-4-5-9-14(13)16(12)10-6-2-3-7-11-17/h4-5,8-9,11H,2-3,6-7,10H2,1H3. The van der Waals surface area contributed by atoms with Gasteiger partial charge in [-0.25, -0.2) is 4.98 Å². The van der Waals surface area contributed by atoms with Gasteiger partial charge in [0.05, 0.1) is 11.0 Å². The zero-order chi connectivity index (χ0) is 12.1. The smallest absolute Gasteiger partial charge is 0.119 e. The molecule has 1 heterocycles. The van der Waals surface area contributed by atoms with Gasteiger partial charge in [0.25, 0.3) is 0 Å². The lowest BCUT2D eigenvalue weighted by atomic mass is 10.2. The Labute approximate surface area is 101 Å². The largest absolute Gasteiger partial charge is 0.328 e. The first-order chi connectivity index (χ1) is 8.33. The number of benzene rings is 1. The van der Waals surface area contributed by atoms with Gasteiger partial charge in [0.1, 0.15) is 12.1 Å². The van der Waals surface area contributed by atoms with Crippen LogP contribution in [0.1, 0.15) is 31.5 Å². The summed E-state index contributed by atoms with van der Waals surface area (Å²) in [5.41, 5.74) is 2.28. The van der Waals surface area contributed by atoms with Crippen molar-refractivity contribution in [2.75, 3.05) is 0 Å². The van der Waals surface area contributed by atoms with E-state index in [0.29, 0.717) is 6.42 Å². The summed E-state index contributed by atoms with van der Waals surface area (Å²) in [5.74, 6) is 1.07. The number of hydrogen-bond donors (Lipinski definition) is 0. The molecule has 0 saturated heterocycles. The fourth-order valence-electron chi connectivity index (χ4n) is 2.15. The number of nitrogens with zero attached hydrogens (tertiary/aromatic N) is 2. The third-order valence-corrected chi connectivity index (χ3v) is 3.05. The topological polar surface area (TPSA) is 34.9 Å². The van der Waals surface area contributed by atoms with E-state index in [4.69, 9.17) is 0 Å². The lowest BCUT2D eigenvalue weighted by molar-refractivity contribution is -0.107. The van der Waals surface area contributed by atoms with Gasteiger partial charge in [0, 0.05) is 13.0 Å². The molecule has 90 valence electrons. The number of carbonyl (C=O) groups is 1. The SMILES string of the molecule is Cc1nc2ccccc2n1CCCCCC=O. The van der Waals surface area contributed by atoms with Crippen LogP contribution in [-0.2, 0) is 11.3 Å². The Bertz CT molecular complexity index is 502. The minimum atomic E-state index is 0.684. The maximum atomic E-state index is 10.2. The molecule has 0 N–H and O–H groups in total. The van der Waals surface area contributed by atoms with E-state index >= 15 is 0 Å². The Hall–Kier alpha value is -1.64. The highest BCUT2D eigenvalue weighted by molar-refractivity contribution is 5.75. The first kappa shape index (κ1) is 11.8. The zero-order valence-corrected chi connectivity index (χ0v) is 10.2. The summed E-state index contributed by atoms with van der Waals surface area (Å²) in [7, 11) is 0. The van der Waals surface area contributed by atoms with Crippen molar-refractivity contribution in [2.24, 2.45) is 0 Å². The van der Waals surface area contributed by atoms with Crippen LogP contribution in [0.25, 0.3) is 11.0 Å². The average molecular weight is 230 g/mol. The first-order valence-corrected chi connectivity index (χ1v) is 6.18. The van der Waals surface area contributed by atoms with Gasteiger partial charge in [-0.05, 0) is 31.9 Å². The van der Waals surface area contributed by atoms with Gasteiger partial charge >= 0.3 is 0 Å². The molecule has 2 aromatic rings. The molecule has 0 fully saturated rings. The summed E-state index contributed by atoms with van der Waals surface area (Å²) in [4.78, 5) is 14.7. The molecular weight excluding hydrogens is 212 g/mol. The lowest BCUT2D eigenvalue weighted by Gasteiger charge is -2.05. The molecule has 0 saturated carbocycles. The molecule has 0 bridgehead atoms. The summed E-state index contributed by atoms with van der Waals surface area (Å²) in [5, 5.41) is 0. The van der Waals surface area contributed by atoms with Crippen molar-refractivity contribution in [1.82, 2.24) is 9.55 Å². The number of rotatable bonds is 6. The van der Waals surface area contributed by atoms with Crippen molar-refractivity contribution in [2.45, 2.75) is 39.2 Å². The maximum Gasteiger partial charge on any atom is 0.119 e. The predicted molar refractivity (Wildman–Crippen MR) is 69.0 cm³/mol. The number of aldehydes is 1. The molecule has 0 radical (unpaired) electrons. The fraction of sp³-hybridized carbons (Fsp3) is 0.429. The number of fused-ring (bicyclic) bond motifs is 1. The molecule has 1 aromatic heterocycles. The van der Waals surface area contributed by atoms with Crippen LogP contribution in [0.4, 0.5) is 0 Å². The molecule has 1 aromatic carbocycles. The van der Waals surface area contributed by atoms with Crippen LogP contribution in [0.5, 0.6) is 0 Å². The fourth-order valence-corrected chi connectivity index (χ4v) is 2.15. The highest BCUT2D eigenvalue weighted by Crippen LogP contribution is 2.16. The van der Waals surface area contributed by atoms with Crippen molar-refractivity contribution >= 4 is 17.3 Å². The Morgan fingerprint density at radius 3 is 2.88 bits per heavy atom. The van der Waals surface area contributed by atoms with Gasteiger partial charge in [-0.15, -0.1) is 0 Å². The first-order valence-electron chi connectivity index (χ1n) is 6.18. The number of aryl methyl sites for hydroxylation is 2. The highest BCUT2D eigenvalue weighted by Gasteiger charge is 2.05. The Morgan fingerprint density at radius 2 is 2.06 bits per heavy atom. The van der Waals surface area contributed by atoms with E-state index in [1.54, 1.807) is 0 Å². The molecule has 0 aliphatic heterocycles. The quantitative estimate of drug-likeness (QED) is 0.564. The normalized spacial score (nSPS) is 10.9. The maximum absolute atomic E-state index is 10.2. The van der Waals surface area contributed by atoms with Crippen LogP contribution < -0.4 is 0 Å². The second-order valence-electron chi connectivity index (χ2n) is 4.32. The van der Waals surface area contributed by atoms with Crippen molar-refractivity contribution in [1.29, 1.82) is 0 Å². The van der Waals surface area contributed by atoms with Crippen LogP contribution in [0.2, 0.25) is 0 Å². The summed E-state index contributed by atoms with van der Waals surface area (Å²) < 4.78 is 2.26. The summed E-state index contributed by atoms with van der Waals surface area (Å²) in [6, 6.07) is 8.22. The van der Waals surface area contributed by atoms with Crippen LogP contribution in [0.3, 0.4) is 0 Å². The molecule has 0 amide bonds. The minimum Gasteiger partial charge on any atom is -0.328 e. The number of carbonyl (C=O) groups excluding carboxylic acids is 1. The molecule has 17 heavy (non-hydrogen) atoms. The Kier molecular flexibility index (Phi) is 3.91. The second kappa shape index (κ2) is 5.62. The minimum absolute atomic E-state index is 0.684. The summed E-state index contributed by atoms with van der Waals surface area (Å²) >= 11 is 0. The molecular formula is C14H18N2O. The van der Waals surface area contributed by atoms with E-state index < -0.39 is 0 Å². The number of unbranched alkanes of at least 4 members (excludes halogenated alkanes) is 3. The lowest BCUT2D eigenvalue weighted by Crippen LogP contribution is -2.00. The molecule has 0 atom stereocenters. The van der Waals surface area contributed by atoms with E-state index in [9.17, 15) is 4.79 Å². The zero-order valence-electron chi connectivity index (χ0n) is 10.2. The van der Waals surface area contributed by atoms with E-state index in [1.165, 1.54) is 5.52 Å². The number of para-hydroxylation sites is 2. The number of imidazole rings is 1. The number of aromatic nitrogens is 2. The molecule has 0 aliphatic carbocycles. The van der Waals surface area contributed by atoms with Gasteiger partial charge in [-0.2, -0.15) is 0 Å². The average Bonchev–Trinajstić information content (AvgIpc) is 2.65. The summed E-state index contributed by atoms with van der Waals surface area (Å²) in [6.45, 7) is 3.04. The van der Waals surface area contributed by atoms with E-state index in [1.807, 2.05) is 25.1 Å². The van der Waals surface area contributed by atoms with Gasteiger partial charge in [0.15, 0.2) is 0 Å². The van der Waals surface area contributed by atoms with Crippen LogP contribution in [-0.4, -0.2) is 15.8 Å². The Morgan fingerprint density at radius 1 is 1.24 bits per heavy atom. The monoisotopic (exact) mass is 230 g/mol. The second-order valence-corrected chi connectivity index (χ2v) is 4.32. The predicted octanol–water partition coefficient (Wildman–Crippen LogP) is 3.10. The molecule has 3 heteroatoms. The molecule has 3 nitrogen and oxygen atoms in total.